The molecule has 1 aliphatic heterocycles. The van der Waals surface area contributed by atoms with Gasteiger partial charge in [-0.15, -0.1) is 11.3 Å². The molecule has 0 radical (unpaired) electrons. The Labute approximate surface area is 265 Å². The third kappa shape index (κ3) is 5.81. The predicted molar refractivity (Wildman–Crippen MR) is 172 cm³/mol. The van der Waals surface area contributed by atoms with Crippen molar-refractivity contribution in [3.8, 4) is 11.8 Å². The summed E-state index contributed by atoms with van der Waals surface area (Å²) in [5, 5.41) is 10.9. The zero-order valence-corrected chi connectivity index (χ0v) is 27.3. The van der Waals surface area contributed by atoms with Crippen molar-refractivity contribution in [2.24, 2.45) is 4.99 Å². The van der Waals surface area contributed by atoms with E-state index in [4.69, 9.17) is 14.7 Å². The van der Waals surface area contributed by atoms with Crippen LogP contribution in [0.25, 0.3) is 6.08 Å². The first kappa shape index (κ1) is 28.7. The van der Waals surface area contributed by atoms with E-state index < -0.39 is 12.0 Å². The molecular formula is C29H21I2N3O4S2. The van der Waals surface area contributed by atoms with Gasteiger partial charge in [-0.1, -0.05) is 29.5 Å². The van der Waals surface area contributed by atoms with Crippen molar-refractivity contribution in [2.75, 3.05) is 6.61 Å². The summed E-state index contributed by atoms with van der Waals surface area (Å²) in [5.41, 5.74) is 3.17. The van der Waals surface area contributed by atoms with Gasteiger partial charge in [0.2, 0.25) is 0 Å². The Bertz CT molecular complexity index is 1830. The van der Waals surface area contributed by atoms with Crippen LogP contribution in [0.2, 0.25) is 0 Å². The zero-order chi connectivity index (χ0) is 28.4. The molecule has 11 heteroatoms. The minimum Gasteiger partial charge on any atom is -0.487 e. The lowest BCUT2D eigenvalue weighted by Gasteiger charge is -2.23. The van der Waals surface area contributed by atoms with Crippen LogP contribution in [0, 0.1) is 18.5 Å². The van der Waals surface area contributed by atoms with E-state index in [1.54, 1.807) is 30.5 Å². The van der Waals surface area contributed by atoms with Crippen LogP contribution in [0.4, 0.5) is 0 Å². The number of halogens is 2. The number of benzene rings is 2. The number of carbonyl (C=O) groups is 1. The maximum atomic E-state index is 13.8. The predicted octanol–water partition coefficient (Wildman–Crippen LogP) is 5.52. The average Bonchev–Trinajstić information content (AvgIpc) is 3.56. The summed E-state index contributed by atoms with van der Waals surface area (Å²) < 4.78 is 15.4. The van der Waals surface area contributed by atoms with Crippen LogP contribution in [0.3, 0.4) is 0 Å². The molecule has 0 unspecified atom stereocenters. The molecule has 0 spiro atoms. The van der Waals surface area contributed by atoms with Gasteiger partial charge in [0.05, 0.1) is 41.2 Å². The van der Waals surface area contributed by atoms with Crippen molar-refractivity contribution in [1.29, 1.82) is 5.26 Å². The minimum atomic E-state index is -0.587. The van der Waals surface area contributed by atoms with Crippen LogP contribution in [-0.2, 0) is 16.1 Å². The number of hydrogen-bond donors (Lipinski definition) is 0. The second kappa shape index (κ2) is 12.4. The van der Waals surface area contributed by atoms with E-state index in [9.17, 15) is 9.59 Å². The Morgan fingerprint density at radius 1 is 1.20 bits per heavy atom. The summed E-state index contributed by atoms with van der Waals surface area (Å²) in [6.45, 7) is 4.16. The zero-order valence-electron chi connectivity index (χ0n) is 21.3. The fraction of sp³-hybridized carbons (Fsp3) is 0.172. The summed E-state index contributed by atoms with van der Waals surface area (Å²) in [6, 6.07) is 16.6. The third-order valence-electron chi connectivity index (χ3n) is 6.11. The molecule has 1 atom stereocenters. The summed E-state index contributed by atoms with van der Waals surface area (Å²) in [7, 11) is 0. The Hall–Kier alpha value is -2.80. The molecule has 40 heavy (non-hydrogen) atoms. The number of nitrogens with zero attached hydrogens (tertiary/aromatic N) is 3. The number of hydrogen-bond acceptors (Lipinski definition) is 8. The highest BCUT2D eigenvalue weighted by Gasteiger charge is 2.33. The second-order valence-corrected chi connectivity index (χ2v) is 13.0. The van der Waals surface area contributed by atoms with Crippen LogP contribution >= 0.6 is 67.9 Å². The molecule has 202 valence electrons. The van der Waals surface area contributed by atoms with Gasteiger partial charge in [-0.25, -0.2) is 9.79 Å². The number of esters is 1. The maximum Gasteiger partial charge on any atom is 0.338 e. The second-order valence-electron chi connectivity index (χ2n) is 8.73. The van der Waals surface area contributed by atoms with E-state index in [0.717, 1.165) is 28.9 Å². The molecule has 0 saturated heterocycles. The monoisotopic (exact) mass is 793 g/mol. The van der Waals surface area contributed by atoms with Gasteiger partial charge in [0.1, 0.15) is 18.4 Å². The Kier molecular flexibility index (Phi) is 8.89. The van der Waals surface area contributed by atoms with Gasteiger partial charge >= 0.3 is 5.97 Å². The molecule has 7 nitrogen and oxygen atoms in total. The highest BCUT2D eigenvalue weighted by molar-refractivity contribution is 14.1. The third-order valence-corrected chi connectivity index (χ3v) is 9.62. The molecule has 0 saturated carbocycles. The number of carbonyl (C=O) groups excluding carboxylic acids is 1. The fourth-order valence-corrected chi connectivity index (χ4v) is 8.29. The molecule has 0 aliphatic carbocycles. The smallest absolute Gasteiger partial charge is 0.338 e. The largest absolute Gasteiger partial charge is 0.487 e. The van der Waals surface area contributed by atoms with Crippen LogP contribution in [0.5, 0.6) is 5.75 Å². The van der Waals surface area contributed by atoms with Gasteiger partial charge in [0.15, 0.2) is 4.80 Å². The molecule has 0 N–H and O–H groups in total. The van der Waals surface area contributed by atoms with Crippen LogP contribution in [0.1, 0.15) is 41.5 Å². The number of fused-ring (bicyclic) bond motifs is 1. The number of nitriles is 1. The van der Waals surface area contributed by atoms with Crippen molar-refractivity contribution < 1.29 is 14.3 Å². The Morgan fingerprint density at radius 3 is 2.55 bits per heavy atom. The van der Waals surface area contributed by atoms with E-state index in [1.807, 2.05) is 47.9 Å². The van der Waals surface area contributed by atoms with E-state index >= 15 is 0 Å². The normalized spacial score (nSPS) is 14.9. The molecule has 4 aromatic rings. The van der Waals surface area contributed by atoms with Gasteiger partial charge in [-0.3, -0.25) is 9.36 Å². The van der Waals surface area contributed by atoms with Crippen LogP contribution < -0.4 is 19.6 Å². The van der Waals surface area contributed by atoms with Crippen molar-refractivity contribution in [2.45, 2.75) is 26.5 Å². The number of thiazole rings is 1. The lowest BCUT2D eigenvalue weighted by molar-refractivity contribution is -0.139. The maximum absolute atomic E-state index is 13.8. The summed E-state index contributed by atoms with van der Waals surface area (Å²) in [5.74, 6) is 0.300. The number of rotatable bonds is 7. The fourth-order valence-electron chi connectivity index (χ4n) is 4.29. The molecule has 3 heterocycles. The summed E-state index contributed by atoms with van der Waals surface area (Å²) in [6.07, 6.45) is 1.85. The highest BCUT2D eigenvalue weighted by atomic mass is 127. The first-order valence-corrected chi connectivity index (χ1v) is 16.0. The minimum absolute atomic E-state index is 0.206. The van der Waals surface area contributed by atoms with E-state index in [2.05, 4.69) is 56.2 Å². The summed E-state index contributed by atoms with van der Waals surface area (Å²) in [4.78, 5) is 32.7. The van der Waals surface area contributed by atoms with Gasteiger partial charge < -0.3 is 9.47 Å². The molecular weight excluding hydrogens is 772 g/mol. The molecule has 5 rings (SSSR count). The van der Waals surface area contributed by atoms with E-state index in [0.29, 0.717) is 32.8 Å². The first-order valence-electron chi connectivity index (χ1n) is 12.1. The van der Waals surface area contributed by atoms with Crippen molar-refractivity contribution in [3.63, 3.8) is 0 Å². The number of ether oxygens (including phenoxy) is 2. The van der Waals surface area contributed by atoms with Gasteiger partial charge in [0, 0.05) is 4.88 Å². The van der Waals surface area contributed by atoms with Crippen molar-refractivity contribution in [1.82, 2.24) is 4.57 Å². The quantitative estimate of drug-likeness (QED) is 0.182. The molecule has 0 amide bonds. The lowest BCUT2D eigenvalue weighted by Crippen LogP contribution is -2.39. The SMILES string of the molecule is CCOC(=O)C1=C(C)N=c2s/c(=C\c3cc(I)c(OCc4ccc(C#N)cc4)c(I)c3)c(=O)n2[C@H]1c1cccs1. The van der Waals surface area contributed by atoms with Crippen molar-refractivity contribution in [3.05, 3.63) is 114 Å². The molecule has 0 fully saturated rings. The van der Waals surface area contributed by atoms with Gasteiger partial charge in [-0.05, 0) is 112 Å². The molecule has 0 bridgehead atoms. The number of aromatic nitrogens is 1. The van der Waals surface area contributed by atoms with E-state index in [-0.39, 0.29) is 12.2 Å². The van der Waals surface area contributed by atoms with Crippen LogP contribution in [0.15, 0.2) is 75.0 Å². The Morgan fingerprint density at radius 2 is 1.93 bits per heavy atom. The standard InChI is InChI=1S/C29H21I2N3O4S2/c1-3-37-28(36)24-16(2)33-29-34(25(24)22-5-4-10-39-22)27(35)23(40-29)13-19-11-20(30)26(21(31)12-19)38-15-18-8-6-17(14-32)7-9-18/h4-13,25H,3,15H2,1-2H3/b23-13-/t25-/m0/s1. The Balaban J connectivity index is 1.50. The average molecular weight is 793 g/mol. The lowest BCUT2D eigenvalue weighted by atomic mass is 10.0. The van der Waals surface area contributed by atoms with Gasteiger partial charge in [0.25, 0.3) is 5.56 Å². The van der Waals surface area contributed by atoms with Crippen molar-refractivity contribution >= 4 is 79.9 Å². The number of allylic oxidation sites excluding steroid dienone is 1. The van der Waals surface area contributed by atoms with Crippen LogP contribution in [-0.4, -0.2) is 17.1 Å². The highest BCUT2D eigenvalue weighted by Crippen LogP contribution is 2.33. The number of thiophene rings is 1. The molecule has 1 aliphatic rings. The molecule has 2 aromatic carbocycles. The summed E-state index contributed by atoms with van der Waals surface area (Å²) >= 11 is 7.26. The first-order chi connectivity index (χ1) is 19.3. The van der Waals surface area contributed by atoms with E-state index in [1.165, 1.54) is 22.7 Å². The van der Waals surface area contributed by atoms with Gasteiger partial charge in [-0.2, -0.15) is 5.26 Å². The molecule has 2 aromatic heterocycles. The topological polar surface area (TPSA) is 93.7 Å².